The summed E-state index contributed by atoms with van der Waals surface area (Å²) in [6, 6.07) is 21.8. The highest BCUT2D eigenvalue weighted by molar-refractivity contribution is 5.94. The standard InChI is InChI=1S/C27H25N3O4/c1-27(2,3)34-26(33)30(4)20-13-10-18(11-14-20)24-23(17-8-6-5-7-9-17)28-21-15-12-19(25(31)32)16-22(21)29-24/h5-16H,1-4H3,(H,31,32). The number of nitrogens with zero attached hydrogens (tertiary/aromatic N) is 3. The maximum Gasteiger partial charge on any atom is 0.414 e. The number of aromatic carboxylic acids is 1. The molecule has 1 heterocycles. The number of hydrogen-bond donors (Lipinski definition) is 1. The molecule has 4 aromatic rings. The van der Waals surface area contributed by atoms with E-state index in [1.54, 1.807) is 13.1 Å². The van der Waals surface area contributed by atoms with Gasteiger partial charge in [-0.1, -0.05) is 42.5 Å². The first-order chi connectivity index (χ1) is 16.1. The van der Waals surface area contributed by atoms with Crippen LogP contribution in [0.1, 0.15) is 31.1 Å². The topological polar surface area (TPSA) is 92.6 Å². The Labute approximate surface area is 197 Å². The van der Waals surface area contributed by atoms with Crippen molar-refractivity contribution in [2.45, 2.75) is 26.4 Å². The van der Waals surface area contributed by atoms with Crippen LogP contribution in [0.4, 0.5) is 10.5 Å². The Bertz CT molecular complexity index is 1360. The summed E-state index contributed by atoms with van der Waals surface area (Å²) in [7, 11) is 1.65. The van der Waals surface area contributed by atoms with E-state index in [4.69, 9.17) is 14.7 Å². The van der Waals surface area contributed by atoms with Gasteiger partial charge in [0.25, 0.3) is 0 Å². The van der Waals surface area contributed by atoms with Crippen molar-refractivity contribution in [3.8, 4) is 22.5 Å². The maximum atomic E-state index is 12.4. The number of benzene rings is 3. The summed E-state index contributed by atoms with van der Waals surface area (Å²) in [5.41, 5.74) is 4.30. The SMILES string of the molecule is CN(C(=O)OC(C)(C)C)c1ccc(-c2nc3cc(C(=O)O)ccc3nc2-c2ccccc2)cc1. The number of fused-ring (bicyclic) bond motifs is 1. The molecule has 0 aliphatic rings. The lowest BCUT2D eigenvalue weighted by molar-refractivity contribution is 0.0588. The van der Waals surface area contributed by atoms with Crippen LogP contribution in [-0.4, -0.2) is 39.8 Å². The Morgan fingerprint density at radius 2 is 1.41 bits per heavy atom. The lowest BCUT2D eigenvalue weighted by Gasteiger charge is -2.24. The average Bonchev–Trinajstić information content (AvgIpc) is 2.82. The van der Waals surface area contributed by atoms with E-state index in [0.29, 0.717) is 28.1 Å². The van der Waals surface area contributed by atoms with Gasteiger partial charge in [0.05, 0.1) is 28.0 Å². The normalized spacial score (nSPS) is 11.3. The third-order valence-electron chi connectivity index (χ3n) is 5.15. The van der Waals surface area contributed by atoms with Crippen molar-refractivity contribution in [1.82, 2.24) is 9.97 Å². The summed E-state index contributed by atoms with van der Waals surface area (Å²) >= 11 is 0. The lowest BCUT2D eigenvalue weighted by atomic mass is 10.0. The first-order valence-electron chi connectivity index (χ1n) is 10.8. The fraction of sp³-hybridized carbons (Fsp3) is 0.185. The second-order valence-electron chi connectivity index (χ2n) is 8.88. The highest BCUT2D eigenvalue weighted by atomic mass is 16.6. The fourth-order valence-electron chi connectivity index (χ4n) is 3.46. The molecule has 7 nitrogen and oxygen atoms in total. The van der Waals surface area contributed by atoms with Gasteiger partial charge in [-0.25, -0.2) is 19.6 Å². The molecule has 7 heteroatoms. The van der Waals surface area contributed by atoms with Gasteiger partial charge >= 0.3 is 12.1 Å². The molecular formula is C27H25N3O4. The molecule has 172 valence electrons. The zero-order chi connectivity index (χ0) is 24.5. The van der Waals surface area contributed by atoms with Gasteiger partial charge < -0.3 is 9.84 Å². The molecule has 1 N–H and O–H groups in total. The van der Waals surface area contributed by atoms with Crippen LogP contribution in [0.5, 0.6) is 0 Å². The van der Waals surface area contributed by atoms with Crippen LogP contribution in [0.25, 0.3) is 33.5 Å². The number of rotatable bonds is 4. The van der Waals surface area contributed by atoms with E-state index < -0.39 is 17.7 Å². The molecule has 0 saturated carbocycles. The van der Waals surface area contributed by atoms with Crippen LogP contribution >= 0.6 is 0 Å². The minimum absolute atomic E-state index is 0.148. The monoisotopic (exact) mass is 455 g/mol. The molecule has 4 rings (SSSR count). The third-order valence-corrected chi connectivity index (χ3v) is 5.15. The maximum absolute atomic E-state index is 12.4. The molecule has 34 heavy (non-hydrogen) atoms. The third kappa shape index (κ3) is 4.88. The van der Waals surface area contributed by atoms with Gasteiger partial charge in [-0.15, -0.1) is 0 Å². The predicted octanol–water partition coefficient (Wildman–Crippen LogP) is 6.03. The van der Waals surface area contributed by atoms with Crippen LogP contribution in [0.15, 0.2) is 72.8 Å². The number of aromatic nitrogens is 2. The van der Waals surface area contributed by atoms with E-state index in [2.05, 4.69) is 0 Å². The molecule has 0 spiro atoms. The average molecular weight is 456 g/mol. The Morgan fingerprint density at radius 1 is 0.824 bits per heavy atom. The van der Waals surface area contributed by atoms with Gasteiger partial charge in [0.15, 0.2) is 0 Å². The highest BCUT2D eigenvalue weighted by Gasteiger charge is 2.21. The van der Waals surface area contributed by atoms with Crippen molar-refractivity contribution in [3.05, 3.63) is 78.4 Å². The number of carboxylic acids is 1. The lowest BCUT2D eigenvalue weighted by Crippen LogP contribution is -2.34. The molecule has 0 radical (unpaired) electrons. The highest BCUT2D eigenvalue weighted by Crippen LogP contribution is 2.32. The quantitative estimate of drug-likeness (QED) is 0.404. The van der Waals surface area contributed by atoms with Crippen molar-refractivity contribution in [2.75, 3.05) is 11.9 Å². The van der Waals surface area contributed by atoms with Crippen molar-refractivity contribution in [1.29, 1.82) is 0 Å². The summed E-state index contributed by atoms with van der Waals surface area (Å²) in [4.78, 5) is 34.9. The summed E-state index contributed by atoms with van der Waals surface area (Å²) in [6.07, 6.45) is -0.447. The molecule has 0 atom stereocenters. The molecule has 0 aliphatic carbocycles. The number of carbonyl (C=O) groups excluding carboxylic acids is 1. The Morgan fingerprint density at radius 3 is 2.00 bits per heavy atom. The van der Waals surface area contributed by atoms with Crippen LogP contribution < -0.4 is 4.90 Å². The summed E-state index contributed by atoms with van der Waals surface area (Å²) < 4.78 is 5.44. The van der Waals surface area contributed by atoms with Crippen LogP contribution in [0.2, 0.25) is 0 Å². The Hall–Kier alpha value is -4.26. The van der Waals surface area contributed by atoms with Crippen LogP contribution in [-0.2, 0) is 4.74 Å². The van der Waals surface area contributed by atoms with Crippen molar-refractivity contribution in [3.63, 3.8) is 0 Å². The molecule has 1 aromatic heterocycles. The van der Waals surface area contributed by atoms with Crippen molar-refractivity contribution >= 4 is 28.8 Å². The molecule has 1 amide bonds. The van der Waals surface area contributed by atoms with Crippen molar-refractivity contribution in [2.24, 2.45) is 0 Å². The number of amides is 1. The minimum Gasteiger partial charge on any atom is -0.478 e. The van der Waals surface area contributed by atoms with Gasteiger partial charge in [-0.2, -0.15) is 0 Å². The zero-order valence-electron chi connectivity index (χ0n) is 19.4. The second-order valence-corrected chi connectivity index (χ2v) is 8.88. The van der Waals surface area contributed by atoms with Crippen LogP contribution in [0.3, 0.4) is 0 Å². The van der Waals surface area contributed by atoms with E-state index >= 15 is 0 Å². The number of carboxylic acid groups (broad SMARTS) is 1. The van der Waals surface area contributed by atoms with E-state index in [9.17, 15) is 14.7 Å². The Kier molecular flexibility index (Phi) is 6.03. The van der Waals surface area contributed by atoms with Gasteiger partial charge in [0, 0.05) is 23.9 Å². The molecule has 0 saturated heterocycles. The molecule has 0 unspecified atom stereocenters. The van der Waals surface area contributed by atoms with Crippen LogP contribution in [0, 0.1) is 0 Å². The van der Waals surface area contributed by atoms with Gasteiger partial charge in [0.2, 0.25) is 0 Å². The fourth-order valence-corrected chi connectivity index (χ4v) is 3.46. The number of ether oxygens (including phenoxy) is 1. The van der Waals surface area contributed by atoms with Gasteiger partial charge in [-0.3, -0.25) is 4.90 Å². The summed E-state index contributed by atoms with van der Waals surface area (Å²) in [5, 5.41) is 9.37. The largest absolute Gasteiger partial charge is 0.478 e. The van der Waals surface area contributed by atoms with Gasteiger partial charge in [-0.05, 0) is 51.1 Å². The predicted molar refractivity (Wildman–Crippen MR) is 132 cm³/mol. The smallest absolute Gasteiger partial charge is 0.414 e. The minimum atomic E-state index is -1.02. The summed E-state index contributed by atoms with van der Waals surface area (Å²) in [6.45, 7) is 5.46. The van der Waals surface area contributed by atoms with E-state index in [0.717, 1.165) is 11.1 Å². The van der Waals surface area contributed by atoms with E-state index in [1.165, 1.54) is 17.0 Å². The molecular weight excluding hydrogens is 430 g/mol. The van der Waals surface area contributed by atoms with Gasteiger partial charge in [0.1, 0.15) is 5.60 Å². The number of carbonyl (C=O) groups is 2. The first kappa shape index (κ1) is 22.9. The van der Waals surface area contributed by atoms with Crippen molar-refractivity contribution < 1.29 is 19.4 Å². The Balaban J connectivity index is 1.79. The second kappa shape index (κ2) is 8.94. The zero-order valence-corrected chi connectivity index (χ0v) is 19.4. The summed E-state index contributed by atoms with van der Waals surface area (Å²) in [5.74, 6) is -1.02. The number of anilines is 1. The molecule has 0 bridgehead atoms. The number of hydrogen-bond acceptors (Lipinski definition) is 5. The van der Waals surface area contributed by atoms with E-state index in [1.807, 2.05) is 75.4 Å². The molecule has 0 fully saturated rings. The first-order valence-corrected chi connectivity index (χ1v) is 10.8. The van der Waals surface area contributed by atoms with E-state index in [-0.39, 0.29) is 5.56 Å². The molecule has 3 aromatic carbocycles. The molecule has 0 aliphatic heterocycles.